The normalized spacial score (nSPS) is 17.6. The number of hydrogen-bond donors (Lipinski definition) is 0. The minimum absolute atomic E-state index is 0. The monoisotopic (exact) mass is 968 g/mol. The summed E-state index contributed by atoms with van der Waals surface area (Å²) in [5.74, 6) is 6.87. The molecule has 0 atom stereocenters. The van der Waals surface area contributed by atoms with E-state index >= 15 is 0 Å². The van der Waals surface area contributed by atoms with Gasteiger partial charge < -0.3 is 9.40 Å². The summed E-state index contributed by atoms with van der Waals surface area (Å²) in [6, 6.07) is 34.8. The molecule has 0 aliphatic heterocycles. The van der Waals surface area contributed by atoms with Crippen LogP contribution in [-0.4, -0.2) is 23.2 Å². The van der Waals surface area contributed by atoms with Gasteiger partial charge in [0.25, 0.3) is 0 Å². The second kappa shape index (κ2) is 16.9. The molecule has 4 aromatic carbocycles. The molecule has 281 valence electrons. The maximum absolute atomic E-state index is 8.79. The van der Waals surface area contributed by atoms with E-state index in [2.05, 4.69) is 39.4 Å². The number of rotatable bonds is 8. The van der Waals surface area contributed by atoms with Crippen LogP contribution in [0.4, 0.5) is 0 Å². The Morgan fingerprint density at radius 3 is 2.26 bits per heavy atom. The molecule has 0 saturated heterocycles. The summed E-state index contributed by atoms with van der Waals surface area (Å²) in [6.07, 6.45) is -6.24. The summed E-state index contributed by atoms with van der Waals surface area (Å²) in [5.41, 5.74) is 1.60. The maximum Gasteiger partial charge on any atom is 0 e. The zero-order valence-corrected chi connectivity index (χ0v) is 36.0. The first-order chi connectivity index (χ1) is 31.1. The minimum atomic E-state index is -3.90. The van der Waals surface area contributed by atoms with Crippen LogP contribution in [0.15, 0.2) is 114 Å². The van der Waals surface area contributed by atoms with Crippen LogP contribution in [0.25, 0.3) is 55.6 Å². The molecule has 0 bridgehead atoms. The number of pyridine rings is 2. The van der Waals surface area contributed by atoms with E-state index in [0.717, 1.165) is 61.6 Å². The zero-order chi connectivity index (χ0) is 50.8. The van der Waals surface area contributed by atoms with E-state index in [9.17, 15) is 0 Å². The van der Waals surface area contributed by atoms with Gasteiger partial charge in [0, 0.05) is 49.5 Å². The molecule has 7 aromatic rings. The van der Waals surface area contributed by atoms with Crippen LogP contribution in [0.5, 0.6) is 0 Å². The molecule has 0 fully saturated rings. The first-order valence-corrected chi connectivity index (χ1v) is 24.8. The second-order valence-electron chi connectivity index (χ2n) is 15.2. The molecule has 3 aromatic heterocycles. The van der Waals surface area contributed by atoms with E-state index in [-0.39, 0.29) is 36.9 Å². The van der Waals surface area contributed by atoms with Crippen molar-refractivity contribution in [3.8, 4) is 33.6 Å². The standard InChI is InChI=1S/C29H26NO.C20H28GeN.Ir/c1-4-29(3,5-2)22-16-17-30-26(19-22)25-13-9-12-24-23-15-14-21(18-27(23)31-28(24)25)20-10-7-6-8-11-20;1-15-8-10-16(11-9-15)19-12-17(13-20(2,3)4)18(14-22-19)21(5,6)7;/h6-12,14-19H,4-5H2,1-3H3;8-10,12,14H,13H2,1-7H3;/q2*-1;/i1D3,2D3,3D3,4D2,5D2;13D2;. The molecule has 0 aliphatic rings. The number of hydrogen-bond acceptors (Lipinski definition) is 3. The van der Waals surface area contributed by atoms with Crippen molar-refractivity contribution in [1.82, 2.24) is 9.97 Å². The molecule has 0 unspecified atom stereocenters. The third kappa shape index (κ3) is 9.33. The molecule has 0 N–H and O–H groups in total. The molecule has 5 heteroatoms. The number of benzene rings is 4. The molecule has 0 saturated carbocycles. The van der Waals surface area contributed by atoms with Crippen LogP contribution in [0.3, 0.4) is 0 Å². The average molecular weight is 967 g/mol. The van der Waals surface area contributed by atoms with Gasteiger partial charge >= 0.3 is 141 Å². The van der Waals surface area contributed by atoms with Crippen LogP contribution in [0, 0.1) is 24.5 Å². The Bertz CT molecular complexity index is 2910. The maximum atomic E-state index is 8.79. The summed E-state index contributed by atoms with van der Waals surface area (Å²) in [5, 5.41) is 1.40. The summed E-state index contributed by atoms with van der Waals surface area (Å²) in [4.78, 5) is 8.93. The third-order valence-electron chi connectivity index (χ3n) is 8.83. The van der Waals surface area contributed by atoms with E-state index in [1.165, 1.54) is 0 Å². The van der Waals surface area contributed by atoms with Gasteiger partial charge in [-0.15, -0.1) is 18.2 Å². The zero-order valence-electron chi connectivity index (χ0n) is 46.5. The molecule has 0 amide bonds. The summed E-state index contributed by atoms with van der Waals surface area (Å²) in [6.45, 7) is -3.37. The smallest absolute Gasteiger partial charge is 0 e. The average Bonchev–Trinajstić information content (AvgIpc) is 3.61. The SMILES string of the molecule is [2H]C([2H])([2H])C([2H])([2H])C(c1ccnc(-c2[c-]ccc3c2oc2cc(-c4ccccc4)ccc23)c1)(C([2H])([2H])[2H])C([2H])([2H])C([2H])([2H])[2H].[2H]C([2H])(c1cc(-c2[c-]cc(C)cc2)nc[c]1[Ge]([CH3])([CH3])[CH3])C(C)(C)C.[Ir]. The Morgan fingerprint density at radius 1 is 0.815 bits per heavy atom. The van der Waals surface area contributed by atoms with Crippen molar-refractivity contribution in [3.05, 3.63) is 138 Å². The number of nitrogens with zero attached hydrogens (tertiary/aromatic N) is 2. The van der Waals surface area contributed by atoms with Gasteiger partial charge in [0.15, 0.2) is 0 Å². The number of furan rings is 1. The number of aryl methyl sites for hydroxylation is 1. The summed E-state index contributed by atoms with van der Waals surface area (Å²) < 4.78 is 132. The van der Waals surface area contributed by atoms with Crippen LogP contribution in [-0.2, 0) is 31.9 Å². The fraction of sp³-hybridized carbons (Fsp3) is 0.306. The Balaban J connectivity index is 0.000000301. The molecule has 7 rings (SSSR count). The second-order valence-corrected chi connectivity index (χ2v) is 25.8. The van der Waals surface area contributed by atoms with Crippen molar-refractivity contribution >= 4 is 39.6 Å². The van der Waals surface area contributed by atoms with E-state index < -0.39 is 69.3 Å². The van der Waals surface area contributed by atoms with Crippen molar-refractivity contribution in [3.63, 3.8) is 0 Å². The van der Waals surface area contributed by atoms with Crippen LogP contribution >= 0.6 is 0 Å². The van der Waals surface area contributed by atoms with Gasteiger partial charge in [-0.25, -0.2) is 0 Å². The first kappa shape index (κ1) is 25.4. The molecule has 0 aliphatic carbocycles. The Hall–Kier alpha value is -3.83. The molecule has 54 heavy (non-hydrogen) atoms. The Labute approximate surface area is 360 Å². The van der Waals surface area contributed by atoms with Crippen LogP contribution in [0.1, 0.15) is 91.3 Å². The van der Waals surface area contributed by atoms with E-state index in [1.54, 1.807) is 12.1 Å². The first-order valence-electron chi connectivity index (χ1n) is 25.0. The quantitative estimate of drug-likeness (QED) is 0.113. The van der Waals surface area contributed by atoms with E-state index in [0.29, 0.717) is 11.0 Å². The van der Waals surface area contributed by atoms with Gasteiger partial charge in [-0.2, -0.15) is 0 Å². The van der Waals surface area contributed by atoms with Crippen LogP contribution < -0.4 is 4.40 Å². The predicted molar refractivity (Wildman–Crippen MR) is 229 cm³/mol. The van der Waals surface area contributed by atoms with E-state index in [4.69, 9.17) is 25.0 Å². The summed E-state index contributed by atoms with van der Waals surface area (Å²) >= 11 is -2.25. The van der Waals surface area contributed by atoms with Crippen molar-refractivity contribution in [2.75, 3.05) is 0 Å². The molecule has 3 heterocycles. The van der Waals surface area contributed by atoms with Crippen molar-refractivity contribution in [2.24, 2.45) is 5.41 Å². The Kier molecular flexibility index (Phi) is 7.93. The van der Waals surface area contributed by atoms with Crippen LogP contribution in [0.2, 0.25) is 17.3 Å². The fourth-order valence-corrected chi connectivity index (χ4v) is 9.01. The van der Waals surface area contributed by atoms with Gasteiger partial charge in [0.2, 0.25) is 0 Å². The van der Waals surface area contributed by atoms with Gasteiger partial charge in [-0.1, -0.05) is 80.0 Å². The van der Waals surface area contributed by atoms with E-state index in [1.807, 2.05) is 107 Å². The largest absolute Gasteiger partial charge is 0 e. The summed E-state index contributed by atoms with van der Waals surface area (Å²) in [7, 11) is 0. The molecular weight excluding hydrogens is 897 g/mol. The molecule has 0 spiro atoms. The van der Waals surface area contributed by atoms with Gasteiger partial charge in [0.05, 0.1) is 5.58 Å². The predicted octanol–water partition coefficient (Wildman–Crippen LogP) is 13.2. The van der Waals surface area contributed by atoms with Gasteiger partial charge in [-0.3, -0.25) is 0 Å². The van der Waals surface area contributed by atoms with Crippen molar-refractivity contribution < 1.29 is 45.1 Å². The molecular formula is C49H54GeIrN2O-2. The van der Waals surface area contributed by atoms with Crippen molar-refractivity contribution in [1.29, 1.82) is 0 Å². The third-order valence-corrected chi connectivity index (χ3v) is 13.1. The van der Waals surface area contributed by atoms with Gasteiger partial charge in [0.1, 0.15) is 5.58 Å². The fourth-order valence-electron chi connectivity index (χ4n) is 6.09. The molecule has 1 radical (unpaired) electrons. The number of fused-ring (bicyclic) bond motifs is 3. The number of aromatic nitrogens is 2. The molecule has 3 nitrogen and oxygen atoms in total. The minimum Gasteiger partial charge on any atom is 0 e. The Morgan fingerprint density at radius 2 is 1.59 bits per heavy atom. The van der Waals surface area contributed by atoms with Gasteiger partial charge in [-0.05, 0) is 52.7 Å². The van der Waals surface area contributed by atoms with Crippen molar-refractivity contribution in [2.45, 2.75) is 90.1 Å². The topological polar surface area (TPSA) is 38.9 Å².